The van der Waals surface area contributed by atoms with Gasteiger partial charge in [0.2, 0.25) is 0 Å². The van der Waals surface area contributed by atoms with Gasteiger partial charge in [-0.1, -0.05) is 18.2 Å². The molecule has 1 atom stereocenters. The number of anilines is 1. The van der Waals surface area contributed by atoms with E-state index in [1.807, 2.05) is 61.5 Å². The summed E-state index contributed by atoms with van der Waals surface area (Å²) in [6.45, 7) is 3.62. The second-order valence-electron chi connectivity index (χ2n) is 5.92. The lowest BCUT2D eigenvalue weighted by atomic mass is 9.99. The highest BCUT2D eigenvalue weighted by atomic mass is 16.5. The zero-order chi connectivity index (χ0) is 18.5. The van der Waals surface area contributed by atoms with E-state index in [1.54, 1.807) is 20.2 Å². The third kappa shape index (κ3) is 3.69. The first-order valence-electron chi connectivity index (χ1n) is 8.26. The maximum atomic E-state index is 12.7. The number of carbonyl (C=O) groups excluding carboxylic acids is 1. The van der Waals surface area contributed by atoms with Crippen LogP contribution in [-0.2, 0) is 4.79 Å². The molecule has 1 aliphatic rings. The van der Waals surface area contributed by atoms with E-state index in [0.29, 0.717) is 11.4 Å². The highest BCUT2D eigenvalue weighted by molar-refractivity contribution is 6.27. The normalized spacial score (nSPS) is 17.7. The molecule has 0 fully saturated rings. The summed E-state index contributed by atoms with van der Waals surface area (Å²) >= 11 is 0. The number of rotatable bonds is 5. The monoisotopic (exact) mass is 348 g/mol. The van der Waals surface area contributed by atoms with Crippen LogP contribution in [0.15, 0.2) is 69.9 Å². The third-order valence-corrected chi connectivity index (χ3v) is 4.09. The second kappa shape index (κ2) is 7.74. The third-order valence-electron chi connectivity index (χ3n) is 4.09. The molecule has 6 heteroatoms. The van der Waals surface area contributed by atoms with Gasteiger partial charge in [0.1, 0.15) is 11.7 Å². The number of hydrogen-bond donors (Lipinski definition) is 0. The minimum atomic E-state index is -0.483. The van der Waals surface area contributed by atoms with E-state index < -0.39 is 5.92 Å². The Hall–Kier alpha value is -3.28. The standard InChI is InChI=1S/C20H20N4O2/c1-14(22-21-13-16-9-11-18(26-3)12-10-16)19-15(2)23-24(20(19)25)17-7-5-4-6-8-17/h4-13,19H,1-3H3/b21-13+,22-14+. The smallest absolute Gasteiger partial charge is 0.262 e. The number of benzene rings is 2. The van der Waals surface area contributed by atoms with Gasteiger partial charge in [-0.25, -0.2) is 0 Å². The predicted molar refractivity (Wildman–Crippen MR) is 104 cm³/mol. The van der Waals surface area contributed by atoms with E-state index in [4.69, 9.17) is 4.74 Å². The molecule has 0 bridgehead atoms. The van der Waals surface area contributed by atoms with E-state index in [0.717, 1.165) is 17.0 Å². The molecule has 0 aromatic heterocycles. The van der Waals surface area contributed by atoms with Crippen molar-refractivity contribution < 1.29 is 9.53 Å². The molecule has 6 nitrogen and oxygen atoms in total. The Bertz CT molecular complexity index is 870. The highest BCUT2D eigenvalue weighted by Gasteiger charge is 2.36. The van der Waals surface area contributed by atoms with Crippen LogP contribution in [0.4, 0.5) is 5.69 Å². The van der Waals surface area contributed by atoms with Gasteiger partial charge in [-0.15, -0.1) is 0 Å². The van der Waals surface area contributed by atoms with Gasteiger partial charge >= 0.3 is 0 Å². The zero-order valence-electron chi connectivity index (χ0n) is 15.0. The van der Waals surface area contributed by atoms with E-state index in [-0.39, 0.29) is 5.91 Å². The molecule has 0 spiro atoms. The molecular formula is C20H20N4O2. The Morgan fingerprint density at radius 3 is 2.50 bits per heavy atom. The molecule has 0 saturated carbocycles. The molecule has 0 radical (unpaired) electrons. The Morgan fingerprint density at radius 2 is 1.85 bits per heavy atom. The maximum Gasteiger partial charge on any atom is 0.262 e. The zero-order valence-corrected chi connectivity index (χ0v) is 15.0. The minimum Gasteiger partial charge on any atom is -0.497 e. The Labute approximate surface area is 152 Å². The van der Waals surface area contributed by atoms with Crippen molar-refractivity contribution in [2.75, 3.05) is 12.1 Å². The number of para-hydroxylation sites is 1. The van der Waals surface area contributed by atoms with Gasteiger partial charge in [-0.2, -0.15) is 20.3 Å². The number of nitrogens with zero attached hydrogens (tertiary/aromatic N) is 4. The fourth-order valence-electron chi connectivity index (χ4n) is 2.74. The summed E-state index contributed by atoms with van der Waals surface area (Å²) in [6.07, 6.45) is 1.64. The average molecular weight is 348 g/mol. The summed E-state index contributed by atoms with van der Waals surface area (Å²) in [4.78, 5) is 12.7. The van der Waals surface area contributed by atoms with Crippen LogP contribution in [-0.4, -0.2) is 30.7 Å². The maximum absolute atomic E-state index is 12.7. The van der Waals surface area contributed by atoms with Gasteiger partial charge in [-0.05, 0) is 55.8 Å². The van der Waals surface area contributed by atoms with Crippen molar-refractivity contribution in [1.29, 1.82) is 0 Å². The van der Waals surface area contributed by atoms with Gasteiger partial charge in [0.25, 0.3) is 5.91 Å². The number of carbonyl (C=O) groups is 1. The molecule has 26 heavy (non-hydrogen) atoms. The fraction of sp³-hybridized carbons (Fsp3) is 0.200. The molecule has 0 N–H and O–H groups in total. The lowest BCUT2D eigenvalue weighted by Gasteiger charge is -2.13. The van der Waals surface area contributed by atoms with Gasteiger partial charge in [0.05, 0.1) is 30.4 Å². The van der Waals surface area contributed by atoms with Gasteiger partial charge < -0.3 is 4.74 Å². The first-order valence-corrected chi connectivity index (χ1v) is 8.26. The summed E-state index contributed by atoms with van der Waals surface area (Å²) in [5.74, 6) is 0.184. The summed E-state index contributed by atoms with van der Waals surface area (Å²) in [5, 5.41) is 14.1. The molecule has 0 saturated heterocycles. The number of amides is 1. The molecule has 1 heterocycles. The number of methoxy groups -OCH3 is 1. The number of hydrazone groups is 1. The summed E-state index contributed by atoms with van der Waals surface area (Å²) in [7, 11) is 1.62. The van der Waals surface area contributed by atoms with Crippen LogP contribution >= 0.6 is 0 Å². The molecule has 1 aliphatic heterocycles. The van der Waals surface area contributed by atoms with Crippen LogP contribution in [0.25, 0.3) is 0 Å². The minimum absolute atomic E-state index is 0.116. The van der Waals surface area contributed by atoms with Crippen molar-refractivity contribution in [1.82, 2.24) is 0 Å². The van der Waals surface area contributed by atoms with E-state index in [9.17, 15) is 4.79 Å². The van der Waals surface area contributed by atoms with E-state index >= 15 is 0 Å². The van der Waals surface area contributed by atoms with Crippen molar-refractivity contribution in [3.8, 4) is 5.75 Å². The molecule has 132 valence electrons. The second-order valence-corrected chi connectivity index (χ2v) is 5.92. The first-order chi connectivity index (χ1) is 12.6. The summed E-state index contributed by atoms with van der Waals surface area (Å²) in [5.41, 5.74) is 2.96. The molecule has 3 rings (SSSR count). The first kappa shape index (κ1) is 17.5. The molecule has 2 aromatic carbocycles. The van der Waals surface area contributed by atoms with Gasteiger partial charge in [0.15, 0.2) is 0 Å². The quantitative estimate of drug-likeness (QED) is 0.613. The van der Waals surface area contributed by atoms with E-state index in [1.165, 1.54) is 5.01 Å². The van der Waals surface area contributed by atoms with E-state index in [2.05, 4.69) is 15.3 Å². The molecule has 1 unspecified atom stereocenters. The molecule has 1 amide bonds. The van der Waals surface area contributed by atoms with Crippen LogP contribution in [0.1, 0.15) is 19.4 Å². The molecule has 2 aromatic rings. The lowest BCUT2D eigenvalue weighted by molar-refractivity contribution is -0.118. The molecule has 0 aliphatic carbocycles. The SMILES string of the molecule is COc1ccc(/C=N/N=C(\C)C2C(=O)N(c3ccccc3)N=C2C)cc1. The lowest BCUT2D eigenvalue weighted by Crippen LogP contribution is -2.31. The van der Waals surface area contributed by atoms with Crippen LogP contribution in [0.2, 0.25) is 0 Å². The Morgan fingerprint density at radius 1 is 1.15 bits per heavy atom. The Kier molecular flexibility index (Phi) is 5.22. The number of hydrogen-bond acceptors (Lipinski definition) is 5. The fourth-order valence-corrected chi connectivity index (χ4v) is 2.74. The van der Waals surface area contributed by atoms with Gasteiger partial charge in [0, 0.05) is 0 Å². The van der Waals surface area contributed by atoms with Crippen LogP contribution in [0.5, 0.6) is 5.75 Å². The highest BCUT2D eigenvalue weighted by Crippen LogP contribution is 2.24. The summed E-state index contributed by atoms with van der Waals surface area (Å²) in [6, 6.07) is 16.8. The van der Waals surface area contributed by atoms with Crippen LogP contribution < -0.4 is 9.75 Å². The summed E-state index contributed by atoms with van der Waals surface area (Å²) < 4.78 is 5.12. The topological polar surface area (TPSA) is 66.6 Å². The molecular weight excluding hydrogens is 328 g/mol. The van der Waals surface area contributed by atoms with Crippen LogP contribution in [0.3, 0.4) is 0 Å². The van der Waals surface area contributed by atoms with Crippen molar-refractivity contribution in [2.24, 2.45) is 21.2 Å². The predicted octanol–water partition coefficient (Wildman–Crippen LogP) is 3.53. The van der Waals surface area contributed by atoms with Crippen molar-refractivity contribution in [3.05, 3.63) is 60.2 Å². The van der Waals surface area contributed by atoms with Crippen molar-refractivity contribution in [2.45, 2.75) is 13.8 Å². The van der Waals surface area contributed by atoms with Crippen molar-refractivity contribution >= 4 is 29.2 Å². The van der Waals surface area contributed by atoms with Gasteiger partial charge in [-0.3, -0.25) is 4.79 Å². The Balaban J connectivity index is 1.73. The number of ether oxygens (including phenoxy) is 1. The van der Waals surface area contributed by atoms with Crippen molar-refractivity contribution in [3.63, 3.8) is 0 Å². The van der Waals surface area contributed by atoms with Crippen LogP contribution in [0, 0.1) is 5.92 Å². The average Bonchev–Trinajstić information content (AvgIpc) is 2.97. The largest absolute Gasteiger partial charge is 0.497 e.